The normalized spacial score (nSPS) is 16.7. The minimum atomic E-state index is -0.529. The van der Waals surface area contributed by atoms with Gasteiger partial charge in [0.1, 0.15) is 5.75 Å². The van der Waals surface area contributed by atoms with Crippen LogP contribution in [0.4, 0.5) is 5.69 Å². The van der Waals surface area contributed by atoms with Gasteiger partial charge >= 0.3 is 0 Å². The van der Waals surface area contributed by atoms with Crippen LogP contribution in [0.5, 0.6) is 5.75 Å². The van der Waals surface area contributed by atoms with Gasteiger partial charge in [-0.1, -0.05) is 24.4 Å². The number of ether oxygens (including phenoxy) is 1. The predicted octanol–water partition coefficient (Wildman–Crippen LogP) is 2.65. The molecule has 0 bridgehead atoms. The van der Waals surface area contributed by atoms with Crippen LogP contribution in [0, 0.1) is 16.0 Å². The van der Waals surface area contributed by atoms with Gasteiger partial charge in [0, 0.05) is 12.1 Å². The summed E-state index contributed by atoms with van der Waals surface area (Å²) in [6.07, 6.45) is 5.95. The molecule has 1 aliphatic rings. The fraction of sp³-hybridized carbons (Fsp3) is 0.500. The molecule has 2 rings (SSSR count). The van der Waals surface area contributed by atoms with Gasteiger partial charge in [-0.05, 0) is 24.8 Å². The zero-order valence-corrected chi connectivity index (χ0v) is 11.7. The Morgan fingerprint density at radius 1 is 1.43 bits per heavy atom. The standard InChI is InChI=1S/C14H19N3O4/c15-14(16-18)12-8-11(17(19)20)6-7-13(12)21-9-10-4-2-1-3-5-10/h6-8,10,18H,1-5,9H2,(H2,15,16). The molecule has 0 heterocycles. The molecule has 0 saturated heterocycles. The predicted molar refractivity (Wildman–Crippen MR) is 77.7 cm³/mol. The van der Waals surface area contributed by atoms with E-state index < -0.39 is 4.92 Å². The van der Waals surface area contributed by atoms with E-state index in [0.29, 0.717) is 18.3 Å². The lowest BCUT2D eigenvalue weighted by atomic mass is 9.90. The molecular formula is C14H19N3O4. The molecule has 1 fully saturated rings. The number of nitrogens with zero attached hydrogens (tertiary/aromatic N) is 2. The van der Waals surface area contributed by atoms with Crippen LogP contribution >= 0.6 is 0 Å². The van der Waals surface area contributed by atoms with E-state index in [0.717, 1.165) is 12.8 Å². The second kappa shape index (κ2) is 6.92. The summed E-state index contributed by atoms with van der Waals surface area (Å²) in [7, 11) is 0. The molecule has 114 valence electrons. The van der Waals surface area contributed by atoms with E-state index in [4.69, 9.17) is 15.7 Å². The smallest absolute Gasteiger partial charge is 0.270 e. The summed E-state index contributed by atoms with van der Waals surface area (Å²) in [4.78, 5) is 10.3. The summed E-state index contributed by atoms with van der Waals surface area (Å²) in [5, 5.41) is 22.5. The number of oxime groups is 1. The Balaban J connectivity index is 2.15. The number of benzene rings is 1. The summed E-state index contributed by atoms with van der Waals surface area (Å²) in [6, 6.07) is 4.10. The average Bonchev–Trinajstić information content (AvgIpc) is 2.52. The lowest BCUT2D eigenvalue weighted by Gasteiger charge is -2.22. The monoisotopic (exact) mass is 293 g/mol. The van der Waals surface area contributed by atoms with Gasteiger partial charge in [-0.2, -0.15) is 0 Å². The molecule has 7 nitrogen and oxygen atoms in total. The van der Waals surface area contributed by atoms with Crippen molar-refractivity contribution < 1.29 is 14.9 Å². The number of non-ortho nitro benzene ring substituents is 1. The van der Waals surface area contributed by atoms with Crippen molar-refractivity contribution in [2.24, 2.45) is 16.8 Å². The van der Waals surface area contributed by atoms with Crippen molar-refractivity contribution in [2.75, 3.05) is 6.61 Å². The Kier molecular flexibility index (Phi) is 4.97. The molecule has 1 aliphatic carbocycles. The third-order valence-electron chi connectivity index (χ3n) is 3.76. The highest BCUT2D eigenvalue weighted by molar-refractivity contribution is 6.00. The highest BCUT2D eigenvalue weighted by Gasteiger charge is 2.18. The molecule has 21 heavy (non-hydrogen) atoms. The van der Waals surface area contributed by atoms with Crippen molar-refractivity contribution in [3.8, 4) is 5.75 Å². The van der Waals surface area contributed by atoms with Crippen LogP contribution in [-0.4, -0.2) is 22.6 Å². The van der Waals surface area contributed by atoms with Crippen molar-refractivity contribution in [1.82, 2.24) is 0 Å². The molecule has 0 aromatic heterocycles. The summed E-state index contributed by atoms with van der Waals surface area (Å²) in [5.41, 5.74) is 5.69. The van der Waals surface area contributed by atoms with Crippen molar-refractivity contribution >= 4 is 11.5 Å². The highest BCUT2D eigenvalue weighted by atomic mass is 16.6. The number of amidine groups is 1. The quantitative estimate of drug-likeness (QED) is 0.285. The first-order chi connectivity index (χ1) is 10.1. The first-order valence-corrected chi connectivity index (χ1v) is 7.01. The van der Waals surface area contributed by atoms with E-state index in [-0.39, 0.29) is 17.1 Å². The van der Waals surface area contributed by atoms with E-state index in [2.05, 4.69) is 5.16 Å². The Morgan fingerprint density at radius 2 is 2.14 bits per heavy atom. The van der Waals surface area contributed by atoms with Gasteiger partial charge in [-0.15, -0.1) is 0 Å². The van der Waals surface area contributed by atoms with Crippen LogP contribution in [0.15, 0.2) is 23.4 Å². The summed E-state index contributed by atoms with van der Waals surface area (Å²) < 4.78 is 5.74. The third kappa shape index (κ3) is 3.84. The van der Waals surface area contributed by atoms with Gasteiger partial charge in [-0.25, -0.2) is 0 Å². The van der Waals surface area contributed by atoms with E-state index in [1.165, 1.54) is 37.5 Å². The van der Waals surface area contributed by atoms with Crippen LogP contribution in [0.1, 0.15) is 37.7 Å². The SMILES string of the molecule is NC(=NO)c1cc([N+](=O)[O-])ccc1OCC1CCCCC1. The maximum absolute atomic E-state index is 10.8. The Labute approximate surface area is 122 Å². The number of nitro groups is 1. The van der Waals surface area contributed by atoms with Crippen LogP contribution in [0.2, 0.25) is 0 Å². The second-order valence-corrected chi connectivity index (χ2v) is 5.24. The minimum absolute atomic E-state index is 0.124. The Hall–Kier alpha value is -2.31. The molecule has 0 amide bonds. The lowest BCUT2D eigenvalue weighted by Crippen LogP contribution is -2.19. The van der Waals surface area contributed by atoms with Gasteiger partial charge in [0.25, 0.3) is 5.69 Å². The van der Waals surface area contributed by atoms with E-state index in [1.807, 2.05) is 0 Å². The topological polar surface area (TPSA) is 111 Å². The molecule has 0 spiro atoms. The average molecular weight is 293 g/mol. The molecule has 0 unspecified atom stereocenters. The van der Waals surface area contributed by atoms with Gasteiger partial charge in [-0.3, -0.25) is 10.1 Å². The van der Waals surface area contributed by atoms with Gasteiger partial charge in [0.2, 0.25) is 0 Å². The van der Waals surface area contributed by atoms with Crippen LogP contribution in [0.25, 0.3) is 0 Å². The largest absolute Gasteiger partial charge is 0.493 e. The fourth-order valence-electron chi connectivity index (χ4n) is 2.57. The molecule has 7 heteroatoms. The fourth-order valence-corrected chi connectivity index (χ4v) is 2.57. The van der Waals surface area contributed by atoms with Crippen molar-refractivity contribution in [1.29, 1.82) is 0 Å². The number of nitro benzene ring substituents is 1. The Morgan fingerprint density at radius 3 is 2.76 bits per heavy atom. The first-order valence-electron chi connectivity index (χ1n) is 7.01. The van der Waals surface area contributed by atoms with Crippen molar-refractivity contribution in [2.45, 2.75) is 32.1 Å². The number of hydrogen-bond donors (Lipinski definition) is 2. The van der Waals surface area contributed by atoms with Crippen LogP contribution < -0.4 is 10.5 Å². The van der Waals surface area contributed by atoms with Crippen LogP contribution in [0.3, 0.4) is 0 Å². The second-order valence-electron chi connectivity index (χ2n) is 5.24. The summed E-state index contributed by atoms with van der Waals surface area (Å²) in [5.74, 6) is 0.702. The van der Waals surface area contributed by atoms with Gasteiger partial charge in [0.15, 0.2) is 5.84 Å². The van der Waals surface area contributed by atoms with Gasteiger partial charge < -0.3 is 15.7 Å². The van der Waals surface area contributed by atoms with Gasteiger partial charge in [0.05, 0.1) is 17.1 Å². The summed E-state index contributed by atoms with van der Waals surface area (Å²) in [6.45, 7) is 0.545. The van der Waals surface area contributed by atoms with E-state index in [9.17, 15) is 10.1 Å². The Bertz CT molecular complexity index is 539. The molecule has 0 atom stereocenters. The lowest BCUT2D eigenvalue weighted by molar-refractivity contribution is -0.384. The third-order valence-corrected chi connectivity index (χ3v) is 3.76. The van der Waals surface area contributed by atoms with Crippen molar-refractivity contribution in [3.63, 3.8) is 0 Å². The zero-order chi connectivity index (χ0) is 15.2. The highest BCUT2D eigenvalue weighted by Crippen LogP contribution is 2.28. The van der Waals surface area contributed by atoms with E-state index in [1.54, 1.807) is 0 Å². The maximum atomic E-state index is 10.8. The number of rotatable bonds is 5. The van der Waals surface area contributed by atoms with Crippen LogP contribution in [-0.2, 0) is 0 Å². The van der Waals surface area contributed by atoms with E-state index >= 15 is 0 Å². The number of nitrogens with two attached hydrogens (primary N) is 1. The molecular weight excluding hydrogens is 274 g/mol. The first kappa shape index (κ1) is 15.1. The summed E-state index contributed by atoms with van der Waals surface area (Å²) >= 11 is 0. The van der Waals surface area contributed by atoms with Crippen molar-refractivity contribution in [3.05, 3.63) is 33.9 Å². The molecule has 1 saturated carbocycles. The maximum Gasteiger partial charge on any atom is 0.270 e. The zero-order valence-electron chi connectivity index (χ0n) is 11.7. The number of hydrogen-bond acceptors (Lipinski definition) is 5. The molecule has 3 N–H and O–H groups in total. The minimum Gasteiger partial charge on any atom is -0.493 e. The molecule has 1 aromatic rings. The molecule has 0 aliphatic heterocycles. The molecule has 0 radical (unpaired) electrons. The molecule has 1 aromatic carbocycles.